The molecule has 3 aliphatic rings. The maximum absolute atomic E-state index is 12.7. The molecule has 2 fully saturated rings. The number of fused-ring (bicyclic) bond motifs is 2. The number of aromatic amines is 1. The number of aromatic nitrogens is 1. The summed E-state index contributed by atoms with van der Waals surface area (Å²) in [6.07, 6.45) is 5.27. The van der Waals surface area contributed by atoms with Crippen molar-refractivity contribution in [1.29, 1.82) is 0 Å². The van der Waals surface area contributed by atoms with Crippen molar-refractivity contribution in [3.63, 3.8) is 0 Å². The van der Waals surface area contributed by atoms with Gasteiger partial charge in [0.1, 0.15) is 5.69 Å². The first-order chi connectivity index (χ1) is 12.6. The van der Waals surface area contributed by atoms with Crippen LogP contribution in [0, 0.1) is 11.8 Å². The van der Waals surface area contributed by atoms with Gasteiger partial charge in [-0.25, -0.2) is 0 Å². The van der Waals surface area contributed by atoms with E-state index in [-0.39, 0.29) is 35.6 Å². The molecule has 132 valence electrons. The van der Waals surface area contributed by atoms with Crippen LogP contribution in [-0.2, 0) is 9.59 Å². The predicted octanol–water partition coefficient (Wildman–Crippen LogP) is 1.94. The van der Waals surface area contributed by atoms with E-state index in [4.69, 9.17) is 0 Å². The Labute approximate surface area is 150 Å². The van der Waals surface area contributed by atoms with Crippen molar-refractivity contribution >= 4 is 28.6 Å². The normalized spacial score (nSPS) is 25.7. The van der Waals surface area contributed by atoms with E-state index in [2.05, 4.69) is 4.98 Å². The second-order valence-corrected chi connectivity index (χ2v) is 7.34. The van der Waals surface area contributed by atoms with Crippen LogP contribution in [-0.4, -0.2) is 51.6 Å². The molecule has 2 saturated heterocycles. The minimum absolute atomic E-state index is 0.0629. The molecule has 0 saturated carbocycles. The van der Waals surface area contributed by atoms with Gasteiger partial charge in [-0.2, -0.15) is 0 Å². The summed E-state index contributed by atoms with van der Waals surface area (Å²) < 4.78 is 0. The molecule has 1 aliphatic carbocycles. The molecule has 0 spiro atoms. The highest BCUT2D eigenvalue weighted by atomic mass is 16.2. The predicted molar refractivity (Wildman–Crippen MR) is 95.2 cm³/mol. The molecule has 2 aromatic rings. The van der Waals surface area contributed by atoms with E-state index in [0.29, 0.717) is 31.6 Å². The van der Waals surface area contributed by atoms with Crippen LogP contribution in [0.25, 0.3) is 10.9 Å². The van der Waals surface area contributed by atoms with Gasteiger partial charge in [-0.3, -0.25) is 19.3 Å². The van der Waals surface area contributed by atoms with Gasteiger partial charge in [0.05, 0.1) is 17.9 Å². The molecule has 6 heteroatoms. The second-order valence-electron chi connectivity index (χ2n) is 7.34. The first-order valence-corrected chi connectivity index (χ1v) is 9.02. The van der Waals surface area contributed by atoms with Gasteiger partial charge >= 0.3 is 0 Å². The van der Waals surface area contributed by atoms with Gasteiger partial charge in [0, 0.05) is 24.0 Å². The zero-order valence-corrected chi connectivity index (χ0v) is 14.2. The number of allylic oxidation sites excluding steroid dienone is 2. The minimum Gasteiger partial charge on any atom is -0.351 e. The van der Waals surface area contributed by atoms with Crippen molar-refractivity contribution in [3.05, 3.63) is 48.2 Å². The van der Waals surface area contributed by atoms with Crippen LogP contribution in [0.15, 0.2) is 42.5 Å². The maximum atomic E-state index is 12.7. The topological polar surface area (TPSA) is 73.5 Å². The summed E-state index contributed by atoms with van der Waals surface area (Å²) in [5.41, 5.74) is 1.47. The van der Waals surface area contributed by atoms with E-state index in [1.165, 1.54) is 4.90 Å². The smallest absolute Gasteiger partial charge is 0.270 e. The Kier molecular flexibility index (Phi) is 3.29. The summed E-state index contributed by atoms with van der Waals surface area (Å²) >= 11 is 0. The average Bonchev–Trinajstić information content (AvgIpc) is 3.16. The third-order valence-electron chi connectivity index (χ3n) is 5.82. The Hall–Kier alpha value is -2.89. The number of nitrogens with one attached hydrogen (secondary N) is 1. The highest BCUT2D eigenvalue weighted by molar-refractivity contribution is 6.06. The standard InChI is InChI=1S/C20H19N3O3/c24-18-14-6-2-3-7-15(14)19(25)23(18)13-10-22(11-13)20(26)17-9-12-5-1-4-8-16(12)21-17/h1-5,8-9,13-15,21H,6-7,10-11H2. The summed E-state index contributed by atoms with van der Waals surface area (Å²) in [5.74, 6) is -0.619. The van der Waals surface area contributed by atoms with Gasteiger partial charge in [0.15, 0.2) is 0 Å². The number of para-hydroxylation sites is 1. The maximum Gasteiger partial charge on any atom is 0.270 e. The van der Waals surface area contributed by atoms with Crippen LogP contribution in [0.4, 0.5) is 0 Å². The zero-order chi connectivity index (χ0) is 17.8. The Morgan fingerprint density at radius 2 is 1.65 bits per heavy atom. The van der Waals surface area contributed by atoms with Crippen LogP contribution in [0.3, 0.4) is 0 Å². The number of carbonyl (C=O) groups excluding carboxylic acids is 3. The van der Waals surface area contributed by atoms with Crippen molar-refractivity contribution in [2.24, 2.45) is 11.8 Å². The molecule has 2 aliphatic heterocycles. The van der Waals surface area contributed by atoms with Crippen molar-refractivity contribution in [2.75, 3.05) is 13.1 Å². The second kappa shape index (κ2) is 5.56. The fourth-order valence-electron chi connectivity index (χ4n) is 4.33. The van der Waals surface area contributed by atoms with Gasteiger partial charge in [0.25, 0.3) is 5.91 Å². The Morgan fingerprint density at radius 1 is 1.00 bits per heavy atom. The van der Waals surface area contributed by atoms with Gasteiger partial charge < -0.3 is 9.88 Å². The molecular weight excluding hydrogens is 330 g/mol. The highest BCUT2D eigenvalue weighted by Gasteiger charge is 2.52. The fourth-order valence-corrected chi connectivity index (χ4v) is 4.33. The molecule has 0 bridgehead atoms. The fraction of sp³-hybridized carbons (Fsp3) is 0.350. The Balaban J connectivity index is 1.29. The summed E-state index contributed by atoms with van der Waals surface area (Å²) in [7, 11) is 0. The molecule has 26 heavy (non-hydrogen) atoms. The number of imide groups is 1. The molecular formula is C20H19N3O3. The Morgan fingerprint density at radius 3 is 2.31 bits per heavy atom. The average molecular weight is 349 g/mol. The van der Waals surface area contributed by atoms with Crippen molar-refractivity contribution in [3.8, 4) is 0 Å². The number of carbonyl (C=O) groups is 3. The van der Waals surface area contributed by atoms with Crippen molar-refractivity contribution in [2.45, 2.75) is 18.9 Å². The molecule has 2 atom stereocenters. The van der Waals surface area contributed by atoms with E-state index in [1.54, 1.807) is 4.90 Å². The van der Waals surface area contributed by atoms with Gasteiger partial charge in [0.2, 0.25) is 11.8 Å². The zero-order valence-electron chi connectivity index (χ0n) is 14.2. The highest BCUT2D eigenvalue weighted by Crippen LogP contribution is 2.37. The molecule has 2 unspecified atom stereocenters. The van der Waals surface area contributed by atoms with Gasteiger partial charge in [-0.15, -0.1) is 0 Å². The van der Waals surface area contributed by atoms with Crippen molar-refractivity contribution < 1.29 is 14.4 Å². The summed E-state index contributed by atoms with van der Waals surface area (Å²) in [4.78, 5) is 44.1. The molecule has 3 heterocycles. The summed E-state index contributed by atoms with van der Waals surface area (Å²) in [6.45, 7) is 0.830. The molecule has 1 aromatic heterocycles. The number of hydrogen-bond acceptors (Lipinski definition) is 3. The monoisotopic (exact) mass is 349 g/mol. The SMILES string of the molecule is O=C(c1cc2ccccc2[nH]1)N1CC(N2C(=O)C3CC=CCC3C2=O)C1. The summed E-state index contributed by atoms with van der Waals surface area (Å²) in [5, 5.41) is 0.995. The van der Waals surface area contributed by atoms with E-state index in [1.807, 2.05) is 42.5 Å². The van der Waals surface area contributed by atoms with E-state index in [0.717, 1.165) is 10.9 Å². The lowest BCUT2D eigenvalue weighted by Gasteiger charge is -2.43. The number of nitrogens with zero attached hydrogens (tertiary/aromatic N) is 2. The largest absolute Gasteiger partial charge is 0.351 e. The molecule has 3 amide bonds. The van der Waals surface area contributed by atoms with Crippen molar-refractivity contribution in [1.82, 2.24) is 14.8 Å². The third-order valence-corrected chi connectivity index (χ3v) is 5.82. The lowest BCUT2D eigenvalue weighted by atomic mass is 9.85. The van der Waals surface area contributed by atoms with Crippen LogP contribution in [0.1, 0.15) is 23.3 Å². The van der Waals surface area contributed by atoms with Crippen LogP contribution >= 0.6 is 0 Å². The molecule has 0 radical (unpaired) electrons. The lowest BCUT2D eigenvalue weighted by molar-refractivity contribution is -0.145. The molecule has 5 rings (SSSR count). The number of benzene rings is 1. The number of rotatable bonds is 2. The molecule has 1 aromatic carbocycles. The van der Waals surface area contributed by atoms with Gasteiger partial charge in [-0.05, 0) is 25.0 Å². The lowest BCUT2D eigenvalue weighted by Crippen LogP contribution is -2.62. The quantitative estimate of drug-likeness (QED) is 0.665. The third kappa shape index (κ3) is 2.14. The number of H-pyrrole nitrogens is 1. The number of likely N-dealkylation sites (tertiary alicyclic amines) is 2. The van der Waals surface area contributed by atoms with E-state index >= 15 is 0 Å². The first-order valence-electron chi connectivity index (χ1n) is 9.02. The molecule has 1 N–H and O–H groups in total. The number of hydrogen-bond donors (Lipinski definition) is 1. The summed E-state index contributed by atoms with van der Waals surface area (Å²) in [6, 6.07) is 9.40. The minimum atomic E-state index is -0.203. The first kappa shape index (κ1) is 15.4. The van der Waals surface area contributed by atoms with Gasteiger partial charge in [-0.1, -0.05) is 30.4 Å². The van der Waals surface area contributed by atoms with E-state index in [9.17, 15) is 14.4 Å². The van der Waals surface area contributed by atoms with E-state index < -0.39 is 0 Å². The Bertz CT molecular complexity index is 895. The van der Waals surface area contributed by atoms with Crippen LogP contribution in [0.2, 0.25) is 0 Å². The van der Waals surface area contributed by atoms with Crippen LogP contribution < -0.4 is 0 Å². The van der Waals surface area contributed by atoms with Crippen LogP contribution in [0.5, 0.6) is 0 Å². The molecule has 6 nitrogen and oxygen atoms in total. The number of amides is 3.